The number of guanidine groups is 1. The zero-order chi connectivity index (χ0) is 16.3. The van der Waals surface area contributed by atoms with Crippen LogP contribution in [0.1, 0.15) is 30.4 Å². The second-order valence-electron chi connectivity index (χ2n) is 6.00. The van der Waals surface area contributed by atoms with Gasteiger partial charge < -0.3 is 15.4 Å². The van der Waals surface area contributed by atoms with E-state index < -0.39 is 0 Å². The third-order valence-corrected chi connectivity index (χ3v) is 4.16. The number of methoxy groups -OCH3 is 1. The average molecular weight is 446 g/mol. The molecule has 6 heteroatoms. The van der Waals surface area contributed by atoms with Crippen molar-refractivity contribution in [2.45, 2.75) is 32.4 Å². The lowest BCUT2D eigenvalue weighted by atomic mass is 10.1. The highest BCUT2D eigenvalue weighted by Crippen LogP contribution is 2.13. The second kappa shape index (κ2) is 12.5. The maximum atomic E-state index is 5.03. The quantitative estimate of drug-likeness (QED) is 0.293. The van der Waals surface area contributed by atoms with Gasteiger partial charge in [-0.1, -0.05) is 30.7 Å². The van der Waals surface area contributed by atoms with E-state index >= 15 is 0 Å². The molecule has 2 N–H and O–H groups in total. The molecule has 1 aliphatic heterocycles. The van der Waals surface area contributed by atoms with Gasteiger partial charge in [0.2, 0.25) is 0 Å². The Morgan fingerprint density at radius 1 is 1.08 bits per heavy atom. The molecule has 1 saturated heterocycles. The summed E-state index contributed by atoms with van der Waals surface area (Å²) in [5, 5.41) is 6.53. The number of likely N-dealkylation sites (tertiary alicyclic amines) is 1. The number of benzene rings is 1. The first kappa shape index (κ1) is 21.2. The van der Waals surface area contributed by atoms with E-state index in [1.54, 1.807) is 14.2 Å². The molecule has 1 aliphatic rings. The van der Waals surface area contributed by atoms with Crippen LogP contribution in [-0.2, 0) is 17.8 Å². The topological polar surface area (TPSA) is 48.9 Å². The van der Waals surface area contributed by atoms with Crippen LogP contribution in [0, 0.1) is 0 Å². The van der Waals surface area contributed by atoms with Gasteiger partial charge in [-0.3, -0.25) is 9.89 Å². The molecule has 0 spiro atoms. The van der Waals surface area contributed by atoms with Crippen molar-refractivity contribution in [3.05, 3.63) is 35.4 Å². The first-order valence-electron chi connectivity index (χ1n) is 8.55. The highest BCUT2D eigenvalue weighted by Gasteiger charge is 2.10. The van der Waals surface area contributed by atoms with Gasteiger partial charge >= 0.3 is 0 Å². The molecular formula is C18H31IN4O. The summed E-state index contributed by atoms with van der Waals surface area (Å²) in [6.07, 6.45) is 4.08. The minimum atomic E-state index is 0. The second-order valence-corrected chi connectivity index (χ2v) is 6.00. The highest BCUT2D eigenvalue weighted by molar-refractivity contribution is 14.0. The van der Waals surface area contributed by atoms with E-state index in [4.69, 9.17) is 4.74 Å². The van der Waals surface area contributed by atoms with Crippen LogP contribution in [-0.4, -0.2) is 51.3 Å². The van der Waals surface area contributed by atoms with Crippen LogP contribution in [0.3, 0.4) is 0 Å². The fourth-order valence-corrected chi connectivity index (χ4v) is 2.82. The SMILES string of the molecule is CN=C(NCCOC)NCc1ccc(CN2CCCCC2)cc1.I. The third-order valence-electron chi connectivity index (χ3n) is 4.16. The molecule has 0 amide bonds. The number of piperidine rings is 1. The van der Waals surface area contributed by atoms with E-state index in [0.29, 0.717) is 6.61 Å². The number of nitrogens with one attached hydrogen (secondary N) is 2. The third kappa shape index (κ3) is 7.81. The summed E-state index contributed by atoms with van der Waals surface area (Å²) in [5.74, 6) is 0.805. The van der Waals surface area contributed by atoms with Crippen LogP contribution in [0.4, 0.5) is 0 Å². The van der Waals surface area contributed by atoms with Crippen molar-refractivity contribution in [2.75, 3.05) is 40.4 Å². The Morgan fingerprint density at radius 2 is 1.75 bits per heavy atom. The summed E-state index contributed by atoms with van der Waals surface area (Å²) in [6, 6.07) is 8.89. The van der Waals surface area contributed by atoms with Crippen molar-refractivity contribution in [3.8, 4) is 0 Å². The molecule has 0 saturated carbocycles. The van der Waals surface area contributed by atoms with Gasteiger partial charge in [0.1, 0.15) is 0 Å². The van der Waals surface area contributed by atoms with Crippen LogP contribution < -0.4 is 10.6 Å². The summed E-state index contributed by atoms with van der Waals surface area (Å²) >= 11 is 0. The van der Waals surface area contributed by atoms with E-state index in [0.717, 1.165) is 25.6 Å². The lowest BCUT2D eigenvalue weighted by Gasteiger charge is -2.26. The van der Waals surface area contributed by atoms with Crippen molar-refractivity contribution >= 4 is 29.9 Å². The van der Waals surface area contributed by atoms with Crippen molar-refractivity contribution in [2.24, 2.45) is 4.99 Å². The molecule has 1 heterocycles. The van der Waals surface area contributed by atoms with Gasteiger partial charge in [0.15, 0.2) is 5.96 Å². The summed E-state index contributed by atoms with van der Waals surface area (Å²) in [5.41, 5.74) is 2.67. The van der Waals surface area contributed by atoms with Crippen LogP contribution in [0.15, 0.2) is 29.3 Å². The molecule has 136 valence electrons. The van der Waals surface area contributed by atoms with Crippen LogP contribution in [0.5, 0.6) is 0 Å². The van der Waals surface area contributed by atoms with E-state index in [1.807, 2.05) is 0 Å². The maximum absolute atomic E-state index is 5.03. The molecule has 24 heavy (non-hydrogen) atoms. The van der Waals surface area contributed by atoms with E-state index in [-0.39, 0.29) is 24.0 Å². The molecule has 0 atom stereocenters. The zero-order valence-corrected chi connectivity index (χ0v) is 17.2. The van der Waals surface area contributed by atoms with E-state index in [1.165, 1.54) is 43.5 Å². The standard InChI is InChI=1S/C18H30N4O.HI/c1-19-18(20-10-13-23-2)21-14-16-6-8-17(9-7-16)15-22-11-4-3-5-12-22;/h6-9H,3-5,10-15H2,1-2H3,(H2,19,20,21);1H. The molecule has 1 aromatic carbocycles. The fraction of sp³-hybridized carbons (Fsp3) is 0.611. The lowest BCUT2D eigenvalue weighted by Crippen LogP contribution is -2.38. The minimum Gasteiger partial charge on any atom is -0.383 e. The summed E-state index contributed by atoms with van der Waals surface area (Å²) in [4.78, 5) is 6.76. The fourth-order valence-electron chi connectivity index (χ4n) is 2.82. The molecule has 2 rings (SSSR count). The molecule has 0 radical (unpaired) electrons. The molecule has 1 aromatic rings. The Morgan fingerprint density at radius 3 is 2.38 bits per heavy atom. The molecule has 1 fully saturated rings. The van der Waals surface area contributed by atoms with Crippen LogP contribution >= 0.6 is 24.0 Å². The summed E-state index contributed by atoms with van der Waals surface area (Å²) < 4.78 is 5.03. The number of halogens is 1. The molecule has 0 bridgehead atoms. The van der Waals surface area contributed by atoms with Gasteiger partial charge in [0, 0.05) is 33.8 Å². The first-order chi connectivity index (χ1) is 11.3. The van der Waals surface area contributed by atoms with Gasteiger partial charge in [-0.15, -0.1) is 24.0 Å². The summed E-state index contributed by atoms with van der Waals surface area (Å²) in [7, 11) is 3.48. The number of ether oxygens (including phenoxy) is 1. The van der Waals surface area contributed by atoms with Crippen LogP contribution in [0.2, 0.25) is 0 Å². The molecule has 0 unspecified atom stereocenters. The van der Waals surface area contributed by atoms with Gasteiger partial charge in [0.05, 0.1) is 6.61 Å². The Labute approximate surface area is 163 Å². The van der Waals surface area contributed by atoms with Crippen molar-refractivity contribution in [1.29, 1.82) is 0 Å². The van der Waals surface area contributed by atoms with Gasteiger partial charge in [-0.25, -0.2) is 0 Å². The Kier molecular flexibility index (Phi) is 11.0. The van der Waals surface area contributed by atoms with Gasteiger partial charge in [-0.2, -0.15) is 0 Å². The molecule has 0 aliphatic carbocycles. The predicted octanol–water partition coefficient (Wildman–Crippen LogP) is 2.60. The smallest absolute Gasteiger partial charge is 0.191 e. The maximum Gasteiger partial charge on any atom is 0.191 e. The number of aliphatic imine (C=N–C) groups is 1. The lowest BCUT2D eigenvalue weighted by molar-refractivity contribution is 0.203. The Balaban J connectivity index is 0.00000288. The molecule has 0 aromatic heterocycles. The van der Waals surface area contributed by atoms with Crippen molar-refractivity contribution < 1.29 is 4.74 Å². The first-order valence-corrected chi connectivity index (χ1v) is 8.55. The summed E-state index contributed by atoms with van der Waals surface area (Å²) in [6.45, 7) is 5.76. The number of hydrogen-bond acceptors (Lipinski definition) is 3. The van der Waals surface area contributed by atoms with Crippen LogP contribution in [0.25, 0.3) is 0 Å². The average Bonchev–Trinajstić information content (AvgIpc) is 2.60. The molecule has 5 nitrogen and oxygen atoms in total. The van der Waals surface area contributed by atoms with Crippen molar-refractivity contribution in [3.63, 3.8) is 0 Å². The normalized spacial score (nSPS) is 15.7. The Bertz CT molecular complexity index is 472. The zero-order valence-electron chi connectivity index (χ0n) is 14.9. The number of hydrogen-bond donors (Lipinski definition) is 2. The number of nitrogens with zero attached hydrogens (tertiary/aromatic N) is 2. The van der Waals surface area contributed by atoms with E-state index in [9.17, 15) is 0 Å². The largest absolute Gasteiger partial charge is 0.383 e. The minimum absolute atomic E-state index is 0. The van der Waals surface area contributed by atoms with Gasteiger partial charge in [-0.05, 0) is 37.1 Å². The predicted molar refractivity (Wildman–Crippen MR) is 111 cm³/mol. The molecular weight excluding hydrogens is 415 g/mol. The van der Waals surface area contributed by atoms with Crippen molar-refractivity contribution in [1.82, 2.24) is 15.5 Å². The monoisotopic (exact) mass is 446 g/mol. The Hall–Kier alpha value is -0.860. The highest BCUT2D eigenvalue weighted by atomic mass is 127. The van der Waals surface area contributed by atoms with E-state index in [2.05, 4.69) is 44.8 Å². The van der Waals surface area contributed by atoms with Gasteiger partial charge in [0.25, 0.3) is 0 Å². The number of rotatable bonds is 7.